The summed E-state index contributed by atoms with van der Waals surface area (Å²) in [6, 6.07) is 17.4. The van der Waals surface area contributed by atoms with Gasteiger partial charge in [0.2, 0.25) is 0 Å². The minimum Gasteiger partial charge on any atom is -0.504 e. The number of phenolic OH excluding ortho intramolecular Hbond substituents is 1. The number of benzene rings is 3. The summed E-state index contributed by atoms with van der Waals surface area (Å²) in [6.07, 6.45) is 1.75. The monoisotopic (exact) mass is 498 g/mol. The fourth-order valence-corrected chi connectivity index (χ4v) is 3.88. The Morgan fingerprint density at radius 1 is 1.17 bits per heavy atom. The summed E-state index contributed by atoms with van der Waals surface area (Å²) >= 11 is 2.04. The number of rotatable bonds is 4. The third-order valence-electron chi connectivity index (χ3n) is 4.66. The zero-order valence-electron chi connectivity index (χ0n) is 15.8. The van der Waals surface area contributed by atoms with E-state index in [2.05, 4.69) is 11.7 Å². The standard InChI is InChI=1S/C23H19IN2O3/c1-3-29-21-12-15(11-20(24)22(21)27)10-19-14(2)25-26(23(19)28)18-9-8-16-6-4-5-7-17(16)13-18/h4-13,25,27H,2-3H2,1H3/b19-10-. The molecule has 1 aromatic heterocycles. The van der Waals surface area contributed by atoms with Crippen molar-refractivity contribution >= 4 is 46.0 Å². The molecule has 2 N–H and O–H groups in total. The Morgan fingerprint density at radius 3 is 2.69 bits per heavy atom. The van der Waals surface area contributed by atoms with Crippen molar-refractivity contribution in [1.29, 1.82) is 0 Å². The highest BCUT2D eigenvalue weighted by Gasteiger charge is 2.10. The molecule has 0 amide bonds. The zero-order valence-corrected chi connectivity index (χ0v) is 17.9. The lowest BCUT2D eigenvalue weighted by Gasteiger charge is -2.08. The van der Waals surface area contributed by atoms with Gasteiger partial charge in [0.1, 0.15) is 0 Å². The van der Waals surface area contributed by atoms with Crippen LogP contribution in [0.1, 0.15) is 12.5 Å². The van der Waals surface area contributed by atoms with Gasteiger partial charge >= 0.3 is 0 Å². The average Bonchev–Trinajstić information content (AvgIpc) is 2.99. The molecule has 0 aliphatic rings. The molecule has 0 aliphatic carbocycles. The molecule has 5 nitrogen and oxygen atoms in total. The summed E-state index contributed by atoms with van der Waals surface area (Å²) in [5, 5.41) is 16.3. The summed E-state index contributed by atoms with van der Waals surface area (Å²) in [7, 11) is 0. The molecule has 0 aliphatic heterocycles. The number of hydrogen-bond acceptors (Lipinski definition) is 3. The summed E-state index contributed by atoms with van der Waals surface area (Å²) in [6.45, 7) is 6.28. The van der Waals surface area contributed by atoms with E-state index in [1.807, 2.05) is 72.0 Å². The van der Waals surface area contributed by atoms with Gasteiger partial charge in [-0.25, -0.2) is 4.68 Å². The van der Waals surface area contributed by atoms with Gasteiger partial charge in [0, 0.05) is 0 Å². The van der Waals surface area contributed by atoms with Gasteiger partial charge in [0.25, 0.3) is 5.56 Å². The molecular weight excluding hydrogens is 479 g/mol. The lowest BCUT2D eigenvalue weighted by Crippen LogP contribution is -2.33. The van der Waals surface area contributed by atoms with Crippen LogP contribution in [0.4, 0.5) is 0 Å². The SMILES string of the molecule is C=c1[nH]n(-c2ccc3ccccc3c2)c(=O)/c1=C\c1cc(I)c(O)c(OCC)c1. The quantitative estimate of drug-likeness (QED) is 0.425. The van der Waals surface area contributed by atoms with E-state index in [0.717, 1.165) is 22.0 Å². The van der Waals surface area contributed by atoms with Crippen molar-refractivity contribution in [3.05, 3.63) is 84.7 Å². The van der Waals surface area contributed by atoms with Crippen LogP contribution in [0.2, 0.25) is 0 Å². The number of aromatic amines is 1. The second kappa shape index (κ2) is 7.79. The predicted molar refractivity (Wildman–Crippen MR) is 124 cm³/mol. The van der Waals surface area contributed by atoms with Gasteiger partial charge in [0.05, 0.1) is 26.4 Å². The van der Waals surface area contributed by atoms with Crippen LogP contribution in [-0.4, -0.2) is 21.5 Å². The molecule has 0 fully saturated rings. The largest absolute Gasteiger partial charge is 0.504 e. The number of hydrogen-bond donors (Lipinski definition) is 2. The maximum Gasteiger partial charge on any atom is 0.279 e. The van der Waals surface area contributed by atoms with Crippen molar-refractivity contribution in [3.8, 4) is 17.2 Å². The highest BCUT2D eigenvalue weighted by Crippen LogP contribution is 2.32. The predicted octanol–water partition coefficient (Wildman–Crippen LogP) is 3.27. The zero-order chi connectivity index (χ0) is 20.5. The summed E-state index contributed by atoms with van der Waals surface area (Å²) < 4.78 is 7.63. The molecule has 0 spiro atoms. The van der Waals surface area contributed by atoms with E-state index in [1.165, 1.54) is 4.68 Å². The number of aromatic hydroxyl groups is 1. The minimum atomic E-state index is -0.189. The number of nitrogens with one attached hydrogen (secondary N) is 1. The van der Waals surface area contributed by atoms with Crippen molar-refractivity contribution in [2.24, 2.45) is 0 Å². The first-order chi connectivity index (χ1) is 14.0. The van der Waals surface area contributed by atoms with Crippen molar-refractivity contribution in [2.45, 2.75) is 6.92 Å². The van der Waals surface area contributed by atoms with E-state index >= 15 is 0 Å². The molecule has 0 saturated carbocycles. The minimum absolute atomic E-state index is 0.0992. The Hall–Kier alpha value is -3.00. The van der Waals surface area contributed by atoms with Gasteiger partial charge in [-0.1, -0.05) is 36.9 Å². The van der Waals surface area contributed by atoms with Gasteiger partial charge < -0.3 is 9.84 Å². The Labute approximate surface area is 180 Å². The lowest BCUT2D eigenvalue weighted by molar-refractivity contribution is 0.317. The van der Waals surface area contributed by atoms with Gasteiger partial charge in [-0.05, 0) is 76.2 Å². The van der Waals surface area contributed by atoms with Crippen LogP contribution >= 0.6 is 22.6 Å². The Balaban J connectivity index is 1.86. The fraction of sp³-hybridized carbons (Fsp3) is 0.0870. The third-order valence-corrected chi connectivity index (χ3v) is 5.48. The molecule has 146 valence electrons. The molecule has 6 heteroatoms. The summed E-state index contributed by atoms with van der Waals surface area (Å²) in [5.41, 5.74) is 1.31. The van der Waals surface area contributed by atoms with E-state index in [0.29, 0.717) is 26.5 Å². The maximum absolute atomic E-state index is 13.1. The number of halogens is 1. The van der Waals surface area contributed by atoms with Gasteiger partial charge in [-0.2, -0.15) is 0 Å². The van der Waals surface area contributed by atoms with E-state index in [4.69, 9.17) is 4.74 Å². The Kier molecular flexibility index (Phi) is 5.19. The maximum atomic E-state index is 13.1. The number of ether oxygens (including phenoxy) is 1. The smallest absolute Gasteiger partial charge is 0.279 e. The Bertz CT molecular complexity index is 1390. The van der Waals surface area contributed by atoms with Crippen LogP contribution in [0, 0.1) is 3.57 Å². The van der Waals surface area contributed by atoms with Crippen LogP contribution < -0.4 is 20.9 Å². The highest BCUT2D eigenvalue weighted by atomic mass is 127. The second-order valence-corrected chi connectivity index (χ2v) is 7.77. The van der Waals surface area contributed by atoms with Crippen molar-refractivity contribution in [2.75, 3.05) is 6.61 Å². The van der Waals surface area contributed by atoms with Crippen molar-refractivity contribution in [1.82, 2.24) is 9.78 Å². The van der Waals surface area contributed by atoms with Crippen LogP contribution in [-0.2, 0) is 0 Å². The van der Waals surface area contributed by atoms with Crippen molar-refractivity contribution in [3.63, 3.8) is 0 Å². The van der Waals surface area contributed by atoms with E-state index < -0.39 is 0 Å². The van der Waals surface area contributed by atoms with Crippen LogP contribution in [0.15, 0.2) is 59.4 Å². The molecule has 0 radical (unpaired) electrons. The molecule has 1 heterocycles. The topological polar surface area (TPSA) is 67.2 Å². The van der Waals surface area contributed by atoms with Gasteiger partial charge in [-0.15, -0.1) is 0 Å². The molecule has 4 rings (SSSR count). The van der Waals surface area contributed by atoms with Crippen LogP contribution in [0.25, 0.3) is 29.1 Å². The van der Waals surface area contributed by atoms with Crippen LogP contribution in [0.5, 0.6) is 11.5 Å². The number of nitrogens with zero attached hydrogens (tertiary/aromatic N) is 1. The van der Waals surface area contributed by atoms with E-state index in [-0.39, 0.29) is 11.3 Å². The molecule has 29 heavy (non-hydrogen) atoms. The first kappa shape index (κ1) is 19.3. The molecule has 0 atom stereocenters. The van der Waals surface area contributed by atoms with Crippen molar-refractivity contribution < 1.29 is 9.84 Å². The van der Waals surface area contributed by atoms with E-state index in [1.54, 1.807) is 18.2 Å². The Morgan fingerprint density at radius 2 is 1.93 bits per heavy atom. The fourth-order valence-electron chi connectivity index (χ4n) is 3.25. The highest BCUT2D eigenvalue weighted by molar-refractivity contribution is 14.1. The lowest BCUT2D eigenvalue weighted by atomic mass is 10.1. The average molecular weight is 498 g/mol. The van der Waals surface area contributed by atoms with E-state index in [9.17, 15) is 9.90 Å². The second-order valence-electron chi connectivity index (χ2n) is 6.60. The number of H-pyrrole nitrogens is 1. The molecular formula is C23H19IN2O3. The summed E-state index contributed by atoms with van der Waals surface area (Å²) in [5.74, 6) is 0.490. The molecule has 0 unspecified atom stereocenters. The molecule has 3 aromatic carbocycles. The third kappa shape index (κ3) is 3.67. The van der Waals surface area contributed by atoms with Crippen LogP contribution in [0.3, 0.4) is 0 Å². The normalized spacial score (nSPS) is 11.9. The molecule has 0 bridgehead atoms. The first-order valence-corrected chi connectivity index (χ1v) is 10.2. The van der Waals surface area contributed by atoms with Gasteiger partial charge in [0.15, 0.2) is 11.5 Å². The summed E-state index contributed by atoms with van der Waals surface area (Å²) in [4.78, 5) is 13.1. The molecule has 4 aromatic rings. The molecule has 0 saturated heterocycles. The van der Waals surface area contributed by atoms with Gasteiger partial charge in [-0.3, -0.25) is 9.89 Å². The number of aromatic nitrogens is 2. The number of fused-ring (bicyclic) bond motifs is 1. The number of phenols is 1. The first-order valence-electron chi connectivity index (χ1n) is 9.14.